The molecule has 0 N–H and O–H groups in total. The van der Waals surface area contributed by atoms with Crippen LogP contribution in [0.1, 0.15) is 48.6 Å². The Kier molecular flexibility index (Phi) is 8.18. The molecule has 0 saturated carbocycles. The van der Waals surface area contributed by atoms with Gasteiger partial charge in [-0.15, -0.1) is 0 Å². The number of hydrogen-bond acceptors (Lipinski definition) is 2. The Balaban J connectivity index is 1.11. The lowest BCUT2D eigenvalue weighted by Crippen LogP contribution is -2.14. The van der Waals surface area contributed by atoms with Gasteiger partial charge in [0.15, 0.2) is 5.84 Å². The fourth-order valence-electron chi connectivity index (χ4n) is 9.31. The van der Waals surface area contributed by atoms with E-state index >= 15 is 0 Å². The van der Waals surface area contributed by atoms with Crippen molar-refractivity contribution in [3.63, 3.8) is 0 Å². The van der Waals surface area contributed by atoms with Crippen molar-refractivity contribution in [2.45, 2.75) is 26.2 Å². The Bertz CT molecular complexity index is 3400. The normalized spacial score (nSPS) is 13.7. The summed E-state index contributed by atoms with van der Waals surface area (Å²) >= 11 is 0. The molecule has 1 aliphatic carbocycles. The van der Waals surface area contributed by atoms with Crippen LogP contribution < -0.4 is 0 Å². The van der Waals surface area contributed by atoms with Crippen molar-refractivity contribution in [2.24, 2.45) is 9.98 Å². The molecular formula is C56H41N3O. The van der Waals surface area contributed by atoms with Crippen molar-refractivity contribution in [3.05, 3.63) is 216 Å². The number of hydrogen-bond donors (Lipinski definition) is 0. The van der Waals surface area contributed by atoms with Gasteiger partial charge in [-0.25, -0.2) is 9.98 Å². The van der Waals surface area contributed by atoms with Crippen molar-refractivity contribution >= 4 is 61.0 Å². The molecule has 2 aromatic heterocycles. The van der Waals surface area contributed by atoms with Crippen LogP contribution in [0, 0.1) is 0 Å². The molecule has 0 spiro atoms. The molecule has 4 nitrogen and oxygen atoms in total. The predicted molar refractivity (Wildman–Crippen MR) is 252 cm³/mol. The Morgan fingerprint density at radius 3 is 1.95 bits per heavy atom. The summed E-state index contributed by atoms with van der Waals surface area (Å²) in [7, 11) is 0. The molecule has 11 rings (SSSR count). The highest BCUT2D eigenvalue weighted by molar-refractivity contribution is 6.22. The van der Waals surface area contributed by atoms with Crippen LogP contribution in [0.3, 0.4) is 0 Å². The molecule has 8 aromatic carbocycles. The summed E-state index contributed by atoms with van der Waals surface area (Å²) in [5, 5.41) is 4.43. The molecule has 0 fully saturated rings. The summed E-state index contributed by atoms with van der Waals surface area (Å²) in [6.07, 6.45) is 0. The average molecular weight is 772 g/mol. The Labute approximate surface area is 349 Å². The first-order valence-electron chi connectivity index (χ1n) is 20.5. The van der Waals surface area contributed by atoms with E-state index < -0.39 is 0 Å². The molecule has 0 bridgehead atoms. The number of nitrogens with zero attached hydrogens (tertiary/aromatic N) is 3. The van der Waals surface area contributed by atoms with Gasteiger partial charge in [0.2, 0.25) is 0 Å². The summed E-state index contributed by atoms with van der Waals surface area (Å²) in [4.78, 5) is 10.3. The van der Waals surface area contributed by atoms with Gasteiger partial charge in [-0.1, -0.05) is 148 Å². The van der Waals surface area contributed by atoms with E-state index in [1.54, 1.807) is 0 Å². The minimum atomic E-state index is -0.101. The maximum Gasteiger partial charge on any atom is 0.160 e. The maximum absolute atomic E-state index is 6.55. The van der Waals surface area contributed by atoms with Gasteiger partial charge in [0.25, 0.3) is 0 Å². The standard InChI is InChI=1S/C56H41N3O/c1-35(37-17-8-5-9-18-37)57-55(58-36(2)38-19-10-6-11-20-38)43-24-16-26-53-54(43)47-32-40(28-30-52(47)60-53)39-27-29-50-45(31-39)46-33-44-42-23-14-15-25-48(42)56(3,4)49(44)34-51(46)59(50)41-21-12-7-13-22-41/h5-34H,1H2,2-4H3. The minimum absolute atomic E-state index is 0.101. The van der Waals surface area contributed by atoms with Crippen LogP contribution in [-0.2, 0) is 5.41 Å². The second-order valence-electron chi connectivity index (χ2n) is 16.3. The van der Waals surface area contributed by atoms with Gasteiger partial charge in [0, 0.05) is 43.9 Å². The SMILES string of the molecule is C=C(N=C(N=C(C)c1ccccc1)c1cccc2oc3ccc(-c4ccc5c(c4)c4cc6c(cc4n5-c4ccccc4)C(C)(C)c4ccccc4-6)cc3c12)c1ccccc1. The first-order chi connectivity index (χ1) is 29.3. The first kappa shape index (κ1) is 35.6. The lowest BCUT2D eigenvalue weighted by molar-refractivity contribution is 0.661. The highest BCUT2D eigenvalue weighted by Crippen LogP contribution is 2.51. The topological polar surface area (TPSA) is 42.8 Å². The summed E-state index contributed by atoms with van der Waals surface area (Å²) in [6, 6.07) is 64.3. The third-order valence-electron chi connectivity index (χ3n) is 12.4. The van der Waals surface area contributed by atoms with Crippen molar-refractivity contribution in [3.8, 4) is 27.9 Å². The molecule has 0 unspecified atom stereocenters. The quantitative estimate of drug-likeness (QED) is 0.123. The number of para-hydroxylation sites is 1. The van der Waals surface area contributed by atoms with Gasteiger partial charge in [-0.2, -0.15) is 0 Å². The monoisotopic (exact) mass is 771 g/mol. The number of benzene rings is 8. The number of aromatic nitrogens is 1. The largest absolute Gasteiger partial charge is 0.456 e. The maximum atomic E-state index is 6.55. The third kappa shape index (κ3) is 5.67. The van der Waals surface area contributed by atoms with E-state index in [1.165, 1.54) is 44.1 Å². The van der Waals surface area contributed by atoms with Gasteiger partial charge in [0.05, 0.1) is 16.7 Å². The van der Waals surface area contributed by atoms with E-state index in [1.807, 2.05) is 67.6 Å². The molecule has 0 amide bonds. The second kappa shape index (κ2) is 13.8. The lowest BCUT2D eigenvalue weighted by atomic mass is 9.82. The lowest BCUT2D eigenvalue weighted by Gasteiger charge is -2.21. The Hall–Kier alpha value is -7.56. The summed E-state index contributed by atoms with van der Waals surface area (Å²) < 4.78 is 8.98. The smallest absolute Gasteiger partial charge is 0.160 e. The van der Waals surface area contributed by atoms with Crippen LogP contribution in [0.5, 0.6) is 0 Å². The van der Waals surface area contributed by atoms with Crippen LogP contribution in [-0.4, -0.2) is 16.1 Å². The molecule has 286 valence electrons. The molecular weight excluding hydrogens is 731 g/mol. The molecule has 4 heteroatoms. The van der Waals surface area contributed by atoms with Crippen LogP contribution in [0.15, 0.2) is 203 Å². The van der Waals surface area contributed by atoms with Crippen molar-refractivity contribution < 1.29 is 4.42 Å². The van der Waals surface area contributed by atoms with E-state index in [0.717, 1.165) is 61.2 Å². The van der Waals surface area contributed by atoms with Crippen molar-refractivity contribution in [1.82, 2.24) is 4.57 Å². The first-order valence-corrected chi connectivity index (χ1v) is 20.5. The zero-order valence-electron chi connectivity index (χ0n) is 33.8. The molecule has 0 aliphatic heterocycles. The molecule has 0 saturated heterocycles. The minimum Gasteiger partial charge on any atom is -0.456 e. The molecule has 0 radical (unpaired) electrons. The van der Waals surface area contributed by atoms with Gasteiger partial charge >= 0.3 is 0 Å². The number of furan rings is 1. The molecule has 2 heterocycles. The molecule has 0 atom stereocenters. The summed E-state index contributed by atoms with van der Waals surface area (Å²) in [5.74, 6) is 0.580. The Morgan fingerprint density at radius 2 is 1.18 bits per heavy atom. The highest BCUT2D eigenvalue weighted by atomic mass is 16.3. The van der Waals surface area contributed by atoms with Crippen LogP contribution in [0.2, 0.25) is 0 Å². The zero-order valence-corrected chi connectivity index (χ0v) is 33.8. The van der Waals surface area contributed by atoms with Crippen molar-refractivity contribution in [2.75, 3.05) is 0 Å². The summed E-state index contributed by atoms with van der Waals surface area (Å²) in [5.41, 5.74) is 17.0. The Morgan fingerprint density at radius 1 is 0.533 bits per heavy atom. The zero-order chi connectivity index (χ0) is 40.5. The van der Waals surface area contributed by atoms with Crippen LogP contribution >= 0.6 is 0 Å². The summed E-state index contributed by atoms with van der Waals surface area (Å²) in [6.45, 7) is 11.1. The van der Waals surface area contributed by atoms with E-state index in [9.17, 15) is 0 Å². The van der Waals surface area contributed by atoms with Gasteiger partial charge in [0.1, 0.15) is 11.2 Å². The van der Waals surface area contributed by atoms with E-state index in [-0.39, 0.29) is 5.41 Å². The predicted octanol–water partition coefficient (Wildman–Crippen LogP) is 14.6. The second-order valence-corrected chi connectivity index (χ2v) is 16.3. The highest BCUT2D eigenvalue weighted by Gasteiger charge is 2.36. The molecule has 10 aromatic rings. The number of rotatable bonds is 6. The van der Waals surface area contributed by atoms with Crippen LogP contribution in [0.25, 0.3) is 77.4 Å². The fourth-order valence-corrected chi connectivity index (χ4v) is 9.31. The van der Waals surface area contributed by atoms with Gasteiger partial charge in [-0.05, 0) is 106 Å². The van der Waals surface area contributed by atoms with Crippen molar-refractivity contribution in [1.29, 1.82) is 0 Å². The number of aliphatic imine (C=N–C) groups is 2. The fraction of sp³-hybridized carbons (Fsp3) is 0.0714. The van der Waals surface area contributed by atoms with E-state index in [2.05, 4.69) is 146 Å². The van der Waals surface area contributed by atoms with E-state index in [4.69, 9.17) is 14.4 Å². The third-order valence-corrected chi connectivity index (χ3v) is 12.4. The van der Waals surface area contributed by atoms with Crippen LogP contribution in [0.4, 0.5) is 0 Å². The number of fused-ring (bicyclic) bond motifs is 9. The average Bonchev–Trinajstić information content (AvgIpc) is 3.90. The van der Waals surface area contributed by atoms with Gasteiger partial charge in [-0.3, -0.25) is 0 Å². The van der Waals surface area contributed by atoms with E-state index in [0.29, 0.717) is 11.5 Å². The van der Waals surface area contributed by atoms with Gasteiger partial charge < -0.3 is 8.98 Å². The molecule has 60 heavy (non-hydrogen) atoms. The molecule has 1 aliphatic rings. The number of amidine groups is 1.